The van der Waals surface area contributed by atoms with Crippen LogP contribution in [-0.4, -0.2) is 23.1 Å². The molecule has 0 radical (unpaired) electrons. The van der Waals surface area contributed by atoms with E-state index < -0.39 is 0 Å². The van der Waals surface area contributed by atoms with Crippen LogP contribution < -0.4 is 10.2 Å². The summed E-state index contributed by atoms with van der Waals surface area (Å²) in [5, 5.41) is 3.49. The normalized spacial score (nSPS) is 14.5. The van der Waals surface area contributed by atoms with Crippen molar-refractivity contribution in [3.05, 3.63) is 41.6 Å². The lowest BCUT2D eigenvalue weighted by Crippen LogP contribution is -2.21. The predicted molar refractivity (Wildman–Crippen MR) is 77.4 cm³/mol. The Labute approximate surface area is 119 Å². The average Bonchev–Trinajstić information content (AvgIpc) is 3.13. The molecule has 106 valence electrons. The zero-order valence-corrected chi connectivity index (χ0v) is 12.0. The van der Waals surface area contributed by atoms with Crippen LogP contribution in [0.2, 0.25) is 0 Å². The van der Waals surface area contributed by atoms with Crippen molar-refractivity contribution < 1.29 is 4.42 Å². The lowest BCUT2D eigenvalue weighted by Gasteiger charge is -2.17. The van der Waals surface area contributed by atoms with Gasteiger partial charge in [-0.1, -0.05) is 0 Å². The molecule has 2 heterocycles. The topological polar surface area (TPSA) is 54.2 Å². The second kappa shape index (κ2) is 5.63. The fourth-order valence-corrected chi connectivity index (χ4v) is 2.11. The van der Waals surface area contributed by atoms with Gasteiger partial charge in [0.2, 0.25) is 5.95 Å². The number of nitrogens with one attached hydrogen (secondary N) is 1. The Morgan fingerprint density at radius 2 is 2.30 bits per heavy atom. The van der Waals surface area contributed by atoms with E-state index in [0.717, 1.165) is 30.3 Å². The number of nitrogens with zero attached hydrogens (tertiary/aromatic N) is 3. The first-order valence-electron chi connectivity index (χ1n) is 7.00. The third-order valence-corrected chi connectivity index (χ3v) is 3.57. The Kier molecular flexibility index (Phi) is 3.69. The number of anilines is 1. The van der Waals surface area contributed by atoms with Crippen LogP contribution in [0.1, 0.15) is 29.7 Å². The van der Waals surface area contributed by atoms with E-state index in [-0.39, 0.29) is 0 Å². The largest absolute Gasteiger partial charge is 0.472 e. The minimum atomic E-state index is 0.706. The second-order valence-electron chi connectivity index (χ2n) is 5.42. The summed E-state index contributed by atoms with van der Waals surface area (Å²) < 4.78 is 5.08. The van der Waals surface area contributed by atoms with Crippen LogP contribution in [0.5, 0.6) is 0 Å². The van der Waals surface area contributed by atoms with Crippen LogP contribution in [0, 0.1) is 6.92 Å². The van der Waals surface area contributed by atoms with E-state index in [0.29, 0.717) is 6.04 Å². The van der Waals surface area contributed by atoms with E-state index in [4.69, 9.17) is 4.42 Å². The number of hydrogen-bond donors (Lipinski definition) is 1. The molecule has 0 spiro atoms. The van der Waals surface area contributed by atoms with Gasteiger partial charge in [-0.3, -0.25) is 0 Å². The number of aryl methyl sites for hydroxylation is 1. The number of furan rings is 1. The van der Waals surface area contributed by atoms with Gasteiger partial charge >= 0.3 is 0 Å². The summed E-state index contributed by atoms with van der Waals surface area (Å²) in [6, 6.07) is 2.66. The molecule has 2 aromatic heterocycles. The number of aromatic nitrogens is 2. The van der Waals surface area contributed by atoms with Gasteiger partial charge < -0.3 is 14.6 Å². The summed E-state index contributed by atoms with van der Waals surface area (Å²) in [6.45, 7) is 3.65. The van der Waals surface area contributed by atoms with Crippen molar-refractivity contribution in [1.82, 2.24) is 15.3 Å². The summed E-state index contributed by atoms with van der Waals surface area (Å²) in [6.07, 6.45) is 7.95. The smallest absolute Gasteiger partial charge is 0.225 e. The van der Waals surface area contributed by atoms with Gasteiger partial charge in [-0.25, -0.2) is 9.97 Å². The Morgan fingerprint density at radius 3 is 2.95 bits per heavy atom. The van der Waals surface area contributed by atoms with E-state index in [1.54, 1.807) is 12.5 Å². The molecule has 1 fully saturated rings. The Hall–Kier alpha value is -1.88. The molecular formula is C15H20N4O. The standard InChI is InChI=1S/C15H20N4O/c1-11-13(7-16-14-3-4-14)8-17-15(18-11)19(2)9-12-5-6-20-10-12/h5-6,8,10,14,16H,3-4,7,9H2,1-2H3. The van der Waals surface area contributed by atoms with Crippen molar-refractivity contribution in [2.24, 2.45) is 0 Å². The summed E-state index contributed by atoms with van der Waals surface area (Å²) in [4.78, 5) is 11.1. The zero-order chi connectivity index (χ0) is 13.9. The SMILES string of the molecule is Cc1nc(N(C)Cc2ccoc2)ncc1CNC1CC1. The van der Waals surface area contributed by atoms with E-state index in [1.165, 1.54) is 18.4 Å². The maximum Gasteiger partial charge on any atom is 0.225 e. The summed E-state index contributed by atoms with van der Waals surface area (Å²) in [5.41, 5.74) is 3.34. The van der Waals surface area contributed by atoms with Crippen molar-refractivity contribution >= 4 is 5.95 Å². The Morgan fingerprint density at radius 1 is 1.45 bits per heavy atom. The maximum atomic E-state index is 5.08. The Balaban J connectivity index is 1.65. The highest BCUT2D eigenvalue weighted by atomic mass is 16.3. The van der Waals surface area contributed by atoms with Gasteiger partial charge in [0.25, 0.3) is 0 Å². The molecule has 1 saturated carbocycles. The molecule has 1 aliphatic carbocycles. The molecular weight excluding hydrogens is 252 g/mol. The third kappa shape index (κ3) is 3.17. The lowest BCUT2D eigenvalue weighted by atomic mass is 10.2. The van der Waals surface area contributed by atoms with Gasteiger partial charge in [0.05, 0.1) is 12.5 Å². The zero-order valence-electron chi connectivity index (χ0n) is 12.0. The van der Waals surface area contributed by atoms with Crippen LogP contribution in [0.4, 0.5) is 5.95 Å². The lowest BCUT2D eigenvalue weighted by molar-refractivity contribution is 0.563. The Bertz CT molecular complexity index is 563. The number of hydrogen-bond acceptors (Lipinski definition) is 5. The minimum absolute atomic E-state index is 0.706. The third-order valence-electron chi connectivity index (χ3n) is 3.57. The highest BCUT2D eigenvalue weighted by Gasteiger charge is 2.20. The highest BCUT2D eigenvalue weighted by Crippen LogP contribution is 2.20. The fraction of sp³-hybridized carbons (Fsp3) is 0.467. The molecule has 1 aliphatic rings. The molecule has 0 aromatic carbocycles. The molecule has 0 aliphatic heterocycles. The summed E-state index contributed by atoms with van der Waals surface area (Å²) in [5.74, 6) is 0.749. The van der Waals surface area contributed by atoms with Gasteiger partial charge in [-0.15, -0.1) is 0 Å². The predicted octanol–water partition coefficient (Wildman–Crippen LogP) is 2.27. The van der Waals surface area contributed by atoms with Crippen molar-refractivity contribution in [2.45, 2.75) is 38.9 Å². The van der Waals surface area contributed by atoms with Crippen molar-refractivity contribution in [2.75, 3.05) is 11.9 Å². The molecule has 0 amide bonds. The van der Waals surface area contributed by atoms with E-state index in [9.17, 15) is 0 Å². The molecule has 2 aromatic rings. The summed E-state index contributed by atoms with van der Waals surface area (Å²) in [7, 11) is 1.99. The second-order valence-corrected chi connectivity index (χ2v) is 5.42. The first-order chi connectivity index (χ1) is 9.72. The highest BCUT2D eigenvalue weighted by molar-refractivity contribution is 5.33. The van der Waals surface area contributed by atoms with Gasteiger partial charge in [-0.2, -0.15) is 0 Å². The molecule has 20 heavy (non-hydrogen) atoms. The van der Waals surface area contributed by atoms with Gasteiger partial charge in [-0.05, 0) is 25.8 Å². The molecule has 5 nitrogen and oxygen atoms in total. The molecule has 5 heteroatoms. The monoisotopic (exact) mass is 272 g/mol. The van der Waals surface area contributed by atoms with Gasteiger partial charge in [0.1, 0.15) is 0 Å². The van der Waals surface area contributed by atoms with Gasteiger partial charge in [0.15, 0.2) is 0 Å². The van der Waals surface area contributed by atoms with Crippen LogP contribution in [0.15, 0.2) is 29.2 Å². The van der Waals surface area contributed by atoms with Gasteiger partial charge in [0, 0.05) is 49.2 Å². The molecule has 0 unspecified atom stereocenters. The van der Waals surface area contributed by atoms with E-state index in [2.05, 4.69) is 15.3 Å². The molecule has 0 atom stereocenters. The van der Waals surface area contributed by atoms with E-state index >= 15 is 0 Å². The van der Waals surface area contributed by atoms with Crippen LogP contribution in [-0.2, 0) is 13.1 Å². The van der Waals surface area contributed by atoms with Crippen LogP contribution in [0.25, 0.3) is 0 Å². The van der Waals surface area contributed by atoms with E-state index in [1.807, 2.05) is 31.1 Å². The quantitative estimate of drug-likeness (QED) is 0.874. The molecule has 1 N–H and O–H groups in total. The molecule has 0 bridgehead atoms. The fourth-order valence-electron chi connectivity index (χ4n) is 2.11. The van der Waals surface area contributed by atoms with Crippen molar-refractivity contribution in [1.29, 1.82) is 0 Å². The average molecular weight is 272 g/mol. The van der Waals surface area contributed by atoms with Crippen molar-refractivity contribution in [3.63, 3.8) is 0 Å². The molecule has 0 saturated heterocycles. The first kappa shape index (κ1) is 13.1. The first-order valence-corrected chi connectivity index (χ1v) is 7.00. The summed E-state index contributed by atoms with van der Waals surface area (Å²) >= 11 is 0. The maximum absolute atomic E-state index is 5.08. The van der Waals surface area contributed by atoms with Crippen LogP contribution in [0.3, 0.4) is 0 Å². The number of rotatable bonds is 6. The molecule has 3 rings (SSSR count). The van der Waals surface area contributed by atoms with Crippen LogP contribution >= 0.6 is 0 Å². The minimum Gasteiger partial charge on any atom is -0.472 e. The van der Waals surface area contributed by atoms with Crippen molar-refractivity contribution in [3.8, 4) is 0 Å².